The zero-order valence-corrected chi connectivity index (χ0v) is 21.4. The Balaban J connectivity index is 1.74. The second kappa shape index (κ2) is 11.7. The van der Waals surface area contributed by atoms with Crippen LogP contribution in [0, 0.1) is 58.2 Å². The van der Waals surface area contributed by atoms with Crippen molar-refractivity contribution < 1.29 is 43.9 Å². The number of hydrogen-bond acceptors (Lipinski definition) is 1. The van der Waals surface area contributed by atoms with Crippen LogP contribution in [0.4, 0.5) is 61.0 Å². The van der Waals surface area contributed by atoms with E-state index >= 15 is 0 Å². The summed E-state index contributed by atoms with van der Waals surface area (Å²) in [5.41, 5.74) is -1.96. The largest absolute Gasteiger partial charge is 0.300 e. The van der Waals surface area contributed by atoms with E-state index in [9.17, 15) is 43.9 Å². The molecule has 0 amide bonds. The SMILES string of the molecule is Fc1c(F)c(F)c(N(c2ccc(C=C(c3ccccc3)c3ccccc3)cc2)c2c(F)c(F)c(F)c(F)c2F)c(F)c1F. The number of rotatable bonds is 6. The van der Waals surface area contributed by atoms with Crippen LogP contribution in [0.25, 0.3) is 11.6 Å². The highest BCUT2D eigenvalue weighted by Gasteiger charge is 2.36. The van der Waals surface area contributed by atoms with Crippen molar-refractivity contribution in [1.82, 2.24) is 0 Å². The van der Waals surface area contributed by atoms with Gasteiger partial charge in [-0.15, -0.1) is 0 Å². The smallest absolute Gasteiger partial charge is 0.200 e. The Morgan fingerprint density at radius 3 is 1.07 bits per heavy atom. The number of anilines is 3. The second-order valence-electron chi connectivity index (χ2n) is 9.05. The van der Waals surface area contributed by atoms with E-state index in [2.05, 4.69) is 0 Å². The summed E-state index contributed by atoms with van der Waals surface area (Å²) in [6, 6.07) is 22.5. The molecular formula is C32H15F10N. The Bertz CT molecular complexity index is 1690. The van der Waals surface area contributed by atoms with E-state index in [4.69, 9.17) is 0 Å². The fraction of sp³-hybridized carbons (Fsp3) is 0. The van der Waals surface area contributed by atoms with Crippen molar-refractivity contribution in [2.75, 3.05) is 4.90 Å². The highest BCUT2D eigenvalue weighted by molar-refractivity contribution is 5.91. The van der Waals surface area contributed by atoms with Crippen molar-refractivity contribution in [1.29, 1.82) is 0 Å². The van der Waals surface area contributed by atoms with Gasteiger partial charge < -0.3 is 0 Å². The van der Waals surface area contributed by atoms with Gasteiger partial charge in [0.1, 0.15) is 11.4 Å². The maximum Gasteiger partial charge on any atom is 0.200 e. The van der Waals surface area contributed by atoms with Crippen LogP contribution in [0.15, 0.2) is 84.9 Å². The summed E-state index contributed by atoms with van der Waals surface area (Å²) in [6.45, 7) is 0. The van der Waals surface area contributed by atoms with Gasteiger partial charge in [-0.25, -0.2) is 43.9 Å². The third kappa shape index (κ3) is 5.22. The van der Waals surface area contributed by atoms with Gasteiger partial charge in [-0.2, -0.15) is 0 Å². The predicted molar refractivity (Wildman–Crippen MR) is 141 cm³/mol. The van der Waals surface area contributed by atoms with Gasteiger partial charge in [-0.3, -0.25) is 4.90 Å². The van der Waals surface area contributed by atoms with Crippen LogP contribution in [-0.2, 0) is 0 Å². The van der Waals surface area contributed by atoms with Gasteiger partial charge in [-0.1, -0.05) is 72.8 Å². The van der Waals surface area contributed by atoms with Gasteiger partial charge in [0.25, 0.3) is 0 Å². The molecule has 0 atom stereocenters. The lowest BCUT2D eigenvalue weighted by Gasteiger charge is -2.27. The van der Waals surface area contributed by atoms with Crippen LogP contribution in [0.3, 0.4) is 0 Å². The average molecular weight is 603 g/mol. The Hall–Kier alpha value is -5.06. The molecule has 5 aromatic rings. The molecule has 0 saturated heterocycles. The molecule has 0 N–H and O–H groups in total. The molecule has 0 aromatic heterocycles. The molecule has 218 valence electrons. The summed E-state index contributed by atoms with van der Waals surface area (Å²) in [5, 5.41) is 0. The minimum Gasteiger partial charge on any atom is -0.300 e. The minimum atomic E-state index is -2.59. The molecule has 0 heterocycles. The van der Waals surface area contributed by atoms with Gasteiger partial charge in [-0.05, 0) is 40.5 Å². The zero-order valence-electron chi connectivity index (χ0n) is 21.4. The second-order valence-corrected chi connectivity index (χ2v) is 9.05. The van der Waals surface area contributed by atoms with E-state index in [0.29, 0.717) is 11.1 Å². The first kappa shape index (κ1) is 29.4. The predicted octanol–water partition coefficient (Wildman–Crippen LogP) is 10.1. The van der Waals surface area contributed by atoms with E-state index in [1.807, 2.05) is 24.3 Å². The van der Waals surface area contributed by atoms with Gasteiger partial charge in [0.2, 0.25) is 11.6 Å². The molecule has 0 unspecified atom stereocenters. The van der Waals surface area contributed by atoms with Gasteiger partial charge in [0, 0.05) is 5.69 Å². The fourth-order valence-corrected chi connectivity index (χ4v) is 4.40. The fourth-order valence-electron chi connectivity index (χ4n) is 4.40. The topological polar surface area (TPSA) is 3.24 Å². The molecule has 0 aliphatic heterocycles. The number of nitrogens with zero attached hydrogens (tertiary/aromatic N) is 1. The summed E-state index contributed by atoms with van der Waals surface area (Å²) in [6.07, 6.45) is 1.68. The first-order chi connectivity index (χ1) is 20.5. The molecular weight excluding hydrogens is 588 g/mol. The molecule has 11 heteroatoms. The average Bonchev–Trinajstić information content (AvgIpc) is 3.04. The van der Waals surface area contributed by atoms with Crippen molar-refractivity contribution in [3.8, 4) is 0 Å². The molecule has 0 aliphatic carbocycles. The van der Waals surface area contributed by atoms with Crippen LogP contribution < -0.4 is 4.90 Å². The lowest BCUT2D eigenvalue weighted by Crippen LogP contribution is -2.21. The van der Waals surface area contributed by atoms with Gasteiger partial charge in [0.15, 0.2) is 46.5 Å². The third-order valence-corrected chi connectivity index (χ3v) is 6.45. The van der Waals surface area contributed by atoms with Crippen LogP contribution >= 0.6 is 0 Å². The maximum absolute atomic E-state index is 14.9. The highest BCUT2D eigenvalue weighted by atomic mass is 19.2. The number of hydrogen-bond donors (Lipinski definition) is 0. The summed E-state index contributed by atoms with van der Waals surface area (Å²) < 4.78 is 144. The van der Waals surface area contributed by atoms with E-state index in [1.54, 1.807) is 42.5 Å². The molecule has 43 heavy (non-hydrogen) atoms. The van der Waals surface area contributed by atoms with Crippen molar-refractivity contribution >= 4 is 28.7 Å². The zero-order chi connectivity index (χ0) is 31.0. The third-order valence-electron chi connectivity index (χ3n) is 6.45. The van der Waals surface area contributed by atoms with Crippen LogP contribution in [0.1, 0.15) is 16.7 Å². The van der Waals surface area contributed by atoms with Crippen molar-refractivity contribution in [2.24, 2.45) is 0 Å². The lowest BCUT2D eigenvalue weighted by molar-refractivity contribution is 0.375. The van der Waals surface area contributed by atoms with Gasteiger partial charge in [0.05, 0.1) is 0 Å². The number of halogens is 10. The van der Waals surface area contributed by atoms with E-state index in [-0.39, 0.29) is 4.90 Å². The molecule has 0 radical (unpaired) electrons. The van der Waals surface area contributed by atoms with Crippen LogP contribution in [0.2, 0.25) is 0 Å². The maximum atomic E-state index is 14.9. The van der Waals surface area contributed by atoms with Crippen molar-refractivity contribution in [3.05, 3.63) is 160 Å². The molecule has 0 bridgehead atoms. The van der Waals surface area contributed by atoms with Crippen LogP contribution in [-0.4, -0.2) is 0 Å². The van der Waals surface area contributed by atoms with E-state index in [1.165, 1.54) is 12.1 Å². The first-order valence-corrected chi connectivity index (χ1v) is 12.3. The molecule has 0 spiro atoms. The first-order valence-electron chi connectivity index (χ1n) is 12.3. The molecule has 5 aromatic carbocycles. The summed E-state index contributed by atoms with van der Waals surface area (Å²) in [7, 11) is 0. The molecule has 5 rings (SSSR count). The number of benzene rings is 5. The monoisotopic (exact) mass is 603 g/mol. The quantitative estimate of drug-likeness (QED) is 0.0808. The molecule has 0 fully saturated rings. The summed E-state index contributed by atoms with van der Waals surface area (Å²) in [4.78, 5) is -0.255. The molecule has 0 aliphatic rings. The summed E-state index contributed by atoms with van der Waals surface area (Å²) in [5.74, 6) is -25.5. The Morgan fingerprint density at radius 1 is 0.395 bits per heavy atom. The molecule has 1 nitrogen and oxygen atoms in total. The lowest BCUT2D eigenvalue weighted by atomic mass is 9.95. The van der Waals surface area contributed by atoms with E-state index < -0.39 is 75.2 Å². The molecule has 0 saturated carbocycles. The Kier molecular flexibility index (Phi) is 7.99. The normalized spacial score (nSPS) is 11.0. The van der Waals surface area contributed by atoms with E-state index in [0.717, 1.165) is 23.3 Å². The van der Waals surface area contributed by atoms with Crippen molar-refractivity contribution in [3.63, 3.8) is 0 Å². The van der Waals surface area contributed by atoms with Crippen molar-refractivity contribution in [2.45, 2.75) is 0 Å². The minimum absolute atomic E-state index is 0.255. The van der Waals surface area contributed by atoms with Crippen LogP contribution in [0.5, 0.6) is 0 Å². The summed E-state index contributed by atoms with van der Waals surface area (Å²) >= 11 is 0. The Morgan fingerprint density at radius 2 is 0.721 bits per heavy atom. The standard InChI is InChI=1S/C32H15F10N/c33-21-23(35)27(39)31(28(40)24(21)36)43(32-29(41)25(37)22(34)26(38)30(32)42)19-13-11-16(12-14-19)15-20(17-7-3-1-4-8-17)18-9-5-2-6-10-18/h1-15H. The highest BCUT2D eigenvalue weighted by Crippen LogP contribution is 2.44. The Labute approximate surface area is 237 Å². The van der Waals surface area contributed by atoms with Gasteiger partial charge >= 0.3 is 0 Å².